The Hall–Kier alpha value is -2.67. The number of anilines is 3. The molecule has 1 aromatic heterocycles. The molecule has 2 aliphatic heterocycles. The third kappa shape index (κ3) is 4.25. The van der Waals surface area contributed by atoms with E-state index in [2.05, 4.69) is 32.2 Å². The predicted octanol–water partition coefficient (Wildman–Crippen LogP) is 2.80. The molecule has 2 fully saturated rings. The van der Waals surface area contributed by atoms with Gasteiger partial charge in [-0.2, -0.15) is 0 Å². The number of para-hydroxylation sites is 2. The molecule has 7 heteroatoms. The average Bonchev–Trinajstić information content (AvgIpc) is 2.75. The Balaban J connectivity index is 1.44. The number of ether oxygens (including phenoxy) is 1. The van der Waals surface area contributed by atoms with Gasteiger partial charge in [-0.1, -0.05) is 19.1 Å². The van der Waals surface area contributed by atoms with E-state index in [0.29, 0.717) is 18.9 Å². The summed E-state index contributed by atoms with van der Waals surface area (Å²) in [5.74, 6) is 1.37. The minimum atomic E-state index is -0.243. The standard InChI is InChI=1S/C21H27N5O2/c1-16-8-10-26(11-9-16)20-7-6-18(23-24-20)21(27)22-17-4-2-3-5-19(17)25-12-14-28-15-13-25/h2-7,16H,8-15H2,1H3,(H,22,27). The number of benzene rings is 1. The third-order valence-electron chi connectivity index (χ3n) is 5.49. The van der Waals surface area contributed by atoms with Gasteiger partial charge in [-0.05, 0) is 43.0 Å². The Labute approximate surface area is 165 Å². The maximum atomic E-state index is 12.7. The van der Waals surface area contributed by atoms with Gasteiger partial charge in [0.05, 0.1) is 24.6 Å². The molecule has 2 saturated heterocycles. The fourth-order valence-electron chi connectivity index (χ4n) is 3.70. The van der Waals surface area contributed by atoms with E-state index in [1.165, 1.54) is 12.8 Å². The topological polar surface area (TPSA) is 70.6 Å². The van der Waals surface area contributed by atoms with Crippen molar-refractivity contribution < 1.29 is 9.53 Å². The second-order valence-corrected chi connectivity index (χ2v) is 7.52. The Morgan fingerprint density at radius 1 is 1.00 bits per heavy atom. The van der Waals surface area contributed by atoms with Crippen LogP contribution in [0.3, 0.4) is 0 Å². The van der Waals surface area contributed by atoms with Gasteiger partial charge in [-0.3, -0.25) is 4.79 Å². The monoisotopic (exact) mass is 381 g/mol. The van der Waals surface area contributed by atoms with Crippen LogP contribution in [0.2, 0.25) is 0 Å². The maximum Gasteiger partial charge on any atom is 0.276 e. The van der Waals surface area contributed by atoms with Crippen LogP contribution in [0.15, 0.2) is 36.4 Å². The first-order chi connectivity index (χ1) is 13.7. The minimum Gasteiger partial charge on any atom is -0.378 e. The van der Waals surface area contributed by atoms with Gasteiger partial charge in [-0.25, -0.2) is 0 Å². The van der Waals surface area contributed by atoms with Gasteiger partial charge in [0.25, 0.3) is 5.91 Å². The summed E-state index contributed by atoms with van der Waals surface area (Å²) in [6.45, 7) is 7.30. The van der Waals surface area contributed by atoms with Crippen LogP contribution in [-0.4, -0.2) is 55.5 Å². The highest BCUT2D eigenvalue weighted by molar-refractivity contribution is 6.04. The van der Waals surface area contributed by atoms with Crippen LogP contribution < -0.4 is 15.1 Å². The van der Waals surface area contributed by atoms with Gasteiger partial charge in [0.15, 0.2) is 11.5 Å². The van der Waals surface area contributed by atoms with Gasteiger partial charge in [-0.15, -0.1) is 10.2 Å². The van der Waals surface area contributed by atoms with Crippen molar-refractivity contribution in [1.82, 2.24) is 10.2 Å². The normalized spacial score (nSPS) is 18.2. The summed E-state index contributed by atoms with van der Waals surface area (Å²) in [7, 11) is 0. The van der Waals surface area contributed by atoms with Gasteiger partial charge < -0.3 is 19.9 Å². The predicted molar refractivity (Wildman–Crippen MR) is 110 cm³/mol. The minimum absolute atomic E-state index is 0.243. The number of carbonyl (C=O) groups is 1. The number of carbonyl (C=O) groups excluding carboxylic acids is 1. The molecule has 1 amide bonds. The molecule has 0 saturated carbocycles. The van der Waals surface area contributed by atoms with Crippen molar-refractivity contribution in [2.75, 3.05) is 54.5 Å². The summed E-state index contributed by atoms with van der Waals surface area (Å²) < 4.78 is 5.43. The van der Waals surface area contributed by atoms with Crippen molar-refractivity contribution in [2.24, 2.45) is 5.92 Å². The molecule has 2 aromatic rings. The van der Waals surface area contributed by atoms with E-state index < -0.39 is 0 Å². The van der Waals surface area contributed by atoms with Crippen molar-refractivity contribution in [3.05, 3.63) is 42.1 Å². The summed E-state index contributed by atoms with van der Waals surface area (Å²) in [5, 5.41) is 11.5. The van der Waals surface area contributed by atoms with Gasteiger partial charge in [0, 0.05) is 26.2 Å². The number of hydrogen-bond acceptors (Lipinski definition) is 6. The lowest BCUT2D eigenvalue weighted by molar-refractivity contribution is 0.102. The molecule has 0 bridgehead atoms. The molecule has 1 N–H and O–H groups in total. The molecule has 148 valence electrons. The summed E-state index contributed by atoms with van der Waals surface area (Å²) >= 11 is 0. The van der Waals surface area contributed by atoms with Gasteiger partial charge in [0.2, 0.25) is 0 Å². The van der Waals surface area contributed by atoms with E-state index in [9.17, 15) is 4.79 Å². The van der Waals surface area contributed by atoms with E-state index in [-0.39, 0.29) is 5.91 Å². The zero-order chi connectivity index (χ0) is 19.3. The second-order valence-electron chi connectivity index (χ2n) is 7.52. The molecule has 0 radical (unpaired) electrons. The zero-order valence-electron chi connectivity index (χ0n) is 16.3. The van der Waals surface area contributed by atoms with Crippen LogP contribution in [0.1, 0.15) is 30.3 Å². The highest BCUT2D eigenvalue weighted by atomic mass is 16.5. The summed E-state index contributed by atoms with van der Waals surface area (Å²) in [6, 6.07) is 11.5. The van der Waals surface area contributed by atoms with Crippen molar-refractivity contribution in [3.8, 4) is 0 Å². The molecule has 0 aliphatic carbocycles. The molecule has 1 aromatic carbocycles. The number of hydrogen-bond donors (Lipinski definition) is 1. The Bertz CT molecular complexity index is 797. The molecule has 3 heterocycles. The number of rotatable bonds is 4. The SMILES string of the molecule is CC1CCN(c2ccc(C(=O)Nc3ccccc3N3CCOCC3)nn2)CC1. The fourth-order valence-corrected chi connectivity index (χ4v) is 3.70. The molecular weight excluding hydrogens is 354 g/mol. The number of morpholine rings is 1. The Morgan fingerprint density at radius 3 is 2.46 bits per heavy atom. The zero-order valence-corrected chi connectivity index (χ0v) is 16.3. The number of nitrogens with zero attached hydrogens (tertiary/aromatic N) is 4. The van der Waals surface area contributed by atoms with Crippen LogP contribution in [0.5, 0.6) is 0 Å². The van der Waals surface area contributed by atoms with Crippen molar-refractivity contribution >= 4 is 23.1 Å². The van der Waals surface area contributed by atoms with Crippen molar-refractivity contribution in [3.63, 3.8) is 0 Å². The highest BCUT2D eigenvalue weighted by Crippen LogP contribution is 2.27. The van der Waals surface area contributed by atoms with Crippen LogP contribution in [0, 0.1) is 5.92 Å². The van der Waals surface area contributed by atoms with E-state index in [1.54, 1.807) is 6.07 Å². The first kappa shape index (κ1) is 18.7. The average molecular weight is 381 g/mol. The Morgan fingerprint density at radius 2 is 1.75 bits per heavy atom. The molecule has 0 unspecified atom stereocenters. The lowest BCUT2D eigenvalue weighted by atomic mass is 9.99. The molecule has 28 heavy (non-hydrogen) atoms. The smallest absolute Gasteiger partial charge is 0.276 e. The number of nitrogens with one attached hydrogen (secondary N) is 1. The van der Waals surface area contributed by atoms with Crippen LogP contribution >= 0.6 is 0 Å². The molecule has 7 nitrogen and oxygen atoms in total. The summed E-state index contributed by atoms with van der Waals surface area (Å²) in [6.07, 6.45) is 2.34. The second kappa shape index (κ2) is 8.56. The first-order valence-corrected chi connectivity index (χ1v) is 10.0. The summed E-state index contributed by atoms with van der Waals surface area (Å²) in [5.41, 5.74) is 2.11. The fraction of sp³-hybridized carbons (Fsp3) is 0.476. The molecule has 0 atom stereocenters. The van der Waals surface area contributed by atoms with Crippen molar-refractivity contribution in [1.29, 1.82) is 0 Å². The Kier molecular flexibility index (Phi) is 5.71. The first-order valence-electron chi connectivity index (χ1n) is 10.0. The van der Waals surface area contributed by atoms with Gasteiger partial charge >= 0.3 is 0 Å². The quantitative estimate of drug-likeness (QED) is 0.878. The number of aromatic nitrogens is 2. The van der Waals surface area contributed by atoms with E-state index in [0.717, 1.165) is 49.3 Å². The van der Waals surface area contributed by atoms with Crippen LogP contribution in [0.4, 0.5) is 17.2 Å². The molecule has 0 spiro atoms. The molecular formula is C21H27N5O2. The van der Waals surface area contributed by atoms with Gasteiger partial charge in [0.1, 0.15) is 0 Å². The molecule has 2 aliphatic rings. The van der Waals surface area contributed by atoms with Crippen LogP contribution in [-0.2, 0) is 4.74 Å². The molecule has 4 rings (SSSR count). The number of piperidine rings is 1. The highest BCUT2D eigenvalue weighted by Gasteiger charge is 2.19. The van der Waals surface area contributed by atoms with Crippen molar-refractivity contribution in [2.45, 2.75) is 19.8 Å². The lowest BCUT2D eigenvalue weighted by Gasteiger charge is -2.31. The van der Waals surface area contributed by atoms with Crippen LogP contribution in [0.25, 0.3) is 0 Å². The lowest BCUT2D eigenvalue weighted by Crippen LogP contribution is -2.36. The van der Waals surface area contributed by atoms with E-state index >= 15 is 0 Å². The van der Waals surface area contributed by atoms with E-state index in [1.807, 2.05) is 30.3 Å². The summed E-state index contributed by atoms with van der Waals surface area (Å²) in [4.78, 5) is 17.2. The van der Waals surface area contributed by atoms with E-state index in [4.69, 9.17) is 4.74 Å². The third-order valence-corrected chi connectivity index (χ3v) is 5.49. The number of amides is 1. The maximum absolute atomic E-state index is 12.7. The largest absolute Gasteiger partial charge is 0.378 e.